The van der Waals surface area contributed by atoms with E-state index in [-0.39, 0.29) is 11.9 Å². The first-order chi connectivity index (χ1) is 12.5. The van der Waals surface area contributed by atoms with Crippen LogP contribution in [-0.2, 0) is 6.54 Å². The van der Waals surface area contributed by atoms with Crippen LogP contribution in [0.15, 0.2) is 24.5 Å². The lowest BCUT2D eigenvalue weighted by Crippen LogP contribution is -2.58. The van der Waals surface area contributed by atoms with Crippen molar-refractivity contribution < 1.29 is 4.79 Å². The first kappa shape index (κ1) is 16.9. The smallest absolute Gasteiger partial charge is 0.263 e. The molecule has 0 bridgehead atoms. The zero-order chi connectivity index (χ0) is 18.3. The highest BCUT2D eigenvalue weighted by atomic mass is 32.1. The average molecular weight is 368 g/mol. The van der Waals surface area contributed by atoms with E-state index in [9.17, 15) is 4.79 Å². The van der Waals surface area contributed by atoms with Gasteiger partial charge in [0.2, 0.25) is 0 Å². The summed E-state index contributed by atoms with van der Waals surface area (Å²) in [5.41, 5.74) is 9.73. The lowest BCUT2D eigenvalue weighted by atomic mass is 10.1. The largest absolute Gasteiger partial charge is 0.397 e. The fourth-order valence-corrected chi connectivity index (χ4v) is 4.20. The number of anilines is 1. The third kappa shape index (κ3) is 3.02. The van der Waals surface area contributed by atoms with E-state index in [0.717, 1.165) is 36.3 Å². The maximum atomic E-state index is 12.6. The summed E-state index contributed by atoms with van der Waals surface area (Å²) in [4.78, 5) is 20.3. The Labute approximate surface area is 155 Å². The summed E-state index contributed by atoms with van der Waals surface area (Å²) in [5, 5.41) is 12.2. The molecule has 26 heavy (non-hydrogen) atoms. The number of nitrogens with two attached hydrogens (primary N) is 1. The van der Waals surface area contributed by atoms with Crippen molar-refractivity contribution in [1.29, 1.82) is 0 Å². The molecule has 8 heteroatoms. The van der Waals surface area contributed by atoms with Crippen molar-refractivity contribution in [1.82, 2.24) is 25.4 Å². The van der Waals surface area contributed by atoms with Crippen molar-refractivity contribution in [2.45, 2.75) is 26.4 Å². The minimum absolute atomic E-state index is 0.131. The van der Waals surface area contributed by atoms with Gasteiger partial charge in [-0.3, -0.25) is 14.7 Å². The molecule has 134 valence electrons. The molecule has 0 aromatic carbocycles. The normalized spacial score (nSPS) is 15.2. The van der Waals surface area contributed by atoms with Gasteiger partial charge in [-0.05, 0) is 31.0 Å². The summed E-state index contributed by atoms with van der Waals surface area (Å²) in [7, 11) is 0. The molecule has 3 aromatic rings. The van der Waals surface area contributed by atoms with Gasteiger partial charge >= 0.3 is 0 Å². The van der Waals surface area contributed by atoms with E-state index in [4.69, 9.17) is 5.73 Å². The molecule has 1 aliphatic heterocycles. The summed E-state index contributed by atoms with van der Waals surface area (Å²) in [6.07, 6.45) is 3.64. The number of fused-ring (bicyclic) bond motifs is 1. The molecule has 1 fully saturated rings. The lowest BCUT2D eigenvalue weighted by Gasteiger charge is -2.39. The summed E-state index contributed by atoms with van der Waals surface area (Å²) in [6, 6.07) is 4.13. The molecule has 1 saturated heterocycles. The van der Waals surface area contributed by atoms with Crippen molar-refractivity contribution >= 4 is 33.1 Å². The number of likely N-dealkylation sites (tertiary alicyclic amines) is 1. The van der Waals surface area contributed by atoms with Crippen LogP contribution < -0.4 is 11.1 Å². The molecule has 0 unspecified atom stereocenters. The van der Waals surface area contributed by atoms with Gasteiger partial charge in [-0.1, -0.05) is 6.07 Å². The Morgan fingerprint density at radius 3 is 2.92 bits per heavy atom. The van der Waals surface area contributed by atoms with Gasteiger partial charge in [0.15, 0.2) is 0 Å². The van der Waals surface area contributed by atoms with Gasteiger partial charge in [0.05, 0.1) is 17.4 Å². The molecular weight excluding hydrogens is 348 g/mol. The lowest BCUT2D eigenvalue weighted by molar-refractivity contribution is 0.0799. The summed E-state index contributed by atoms with van der Waals surface area (Å²) in [6.45, 7) is 6.34. The monoisotopic (exact) mass is 368 g/mol. The van der Waals surface area contributed by atoms with Crippen LogP contribution in [-0.4, -0.2) is 45.1 Å². The highest BCUT2D eigenvalue weighted by molar-refractivity contribution is 7.21. The number of nitrogens with zero attached hydrogens (tertiary/aromatic N) is 4. The third-order valence-electron chi connectivity index (χ3n) is 4.76. The number of amides is 1. The number of rotatable bonds is 4. The van der Waals surface area contributed by atoms with Crippen LogP contribution in [0.1, 0.15) is 26.5 Å². The van der Waals surface area contributed by atoms with Crippen LogP contribution >= 0.6 is 11.3 Å². The van der Waals surface area contributed by atoms with E-state index >= 15 is 0 Å². The Balaban J connectivity index is 1.41. The fraction of sp³-hybridized carbons (Fsp3) is 0.333. The fourth-order valence-electron chi connectivity index (χ4n) is 3.20. The van der Waals surface area contributed by atoms with Crippen LogP contribution in [0.4, 0.5) is 5.69 Å². The van der Waals surface area contributed by atoms with E-state index in [0.29, 0.717) is 15.4 Å². The second-order valence-electron chi connectivity index (χ2n) is 6.66. The van der Waals surface area contributed by atoms with Crippen molar-refractivity contribution in [3.63, 3.8) is 0 Å². The van der Waals surface area contributed by atoms with Gasteiger partial charge in [-0.25, -0.2) is 0 Å². The van der Waals surface area contributed by atoms with Crippen LogP contribution in [0.25, 0.3) is 10.2 Å². The maximum Gasteiger partial charge on any atom is 0.263 e. The van der Waals surface area contributed by atoms with E-state index < -0.39 is 0 Å². The summed E-state index contributed by atoms with van der Waals surface area (Å²) in [5.74, 6) is -0.131. The Morgan fingerprint density at radius 2 is 2.19 bits per heavy atom. The van der Waals surface area contributed by atoms with Crippen molar-refractivity contribution in [3.05, 3.63) is 46.2 Å². The van der Waals surface area contributed by atoms with Crippen LogP contribution in [0.3, 0.4) is 0 Å². The number of nitrogens with one attached hydrogen (secondary N) is 1. The van der Waals surface area contributed by atoms with Crippen LogP contribution in [0, 0.1) is 13.8 Å². The summed E-state index contributed by atoms with van der Waals surface area (Å²) < 4.78 is 0. The van der Waals surface area contributed by atoms with Gasteiger partial charge in [0.25, 0.3) is 5.91 Å². The number of pyridine rings is 1. The van der Waals surface area contributed by atoms with Gasteiger partial charge in [-0.15, -0.1) is 16.4 Å². The maximum absolute atomic E-state index is 12.6. The second kappa shape index (κ2) is 6.62. The van der Waals surface area contributed by atoms with Crippen molar-refractivity contribution in [2.75, 3.05) is 18.8 Å². The third-order valence-corrected chi connectivity index (χ3v) is 5.85. The van der Waals surface area contributed by atoms with Crippen molar-refractivity contribution in [2.24, 2.45) is 0 Å². The first-order valence-electron chi connectivity index (χ1n) is 8.47. The predicted octanol–water partition coefficient (Wildman–Crippen LogP) is 1.90. The molecule has 3 N–H and O–H groups in total. The number of hydrogen-bond donors (Lipinski definition) is 2. The molecule has 1 aliphatic rings. The van der Waals surface area contributed by atoms with E-state index in [1.54, 1.807) is 6.20 Å². The molecule has 0 aliphatic carbocycles. The van der Waals surface area contributed by atoms with E-state index in [2.05, 4.69) is 31.5 Å². The highest BCUT2D eigenvalue weighted by Crippen LogP contribution is 2.34. The number of hydrogen-bond acceptors (Lipinski definition) is 7. The molecule has 0 radical (unpaired) electrons. The standard InChI is InChI=1S/C18H20N6OS/c1-10-11(2)22-23-18-14(10)15(19)16(26-18)17(25)21-13-8-24(9-13)7-12-4-3-5-20-6-12/h3-6,13H,7-9,19H2,1-2H3,(H,21,25). The number of carbonyl (C=O) groups is 1. The van der Waals surface area contributed by atoms with Gasteiger partial charge in [0.1, 0.15) is 9.71 Å². The average Bonchev–Trinajstić information content (AvgIpc) is 2.94. The number of aryl methyl sites for hydroxylation is 2. The Morgan fingerprint density at radius 1 is 1.38 bits per heavy atom. The quantitative estimate of drug-likeness (QED) is 0.730. The first-order valence-corrected chi connectivity index (χ1v) is 9.28. The van der Waals surface area contributed by atoms with Gasteiger partial charge in [0, 0.05) is 37.4 Å². The highest BCUT2D eigenvalue weighted by Gasteiger charge is 2.29. The van der Waals surface area contributed by atoms with Gasteiger partial charge < -0.3 is 11.1 Å². The number of nitrogen functional groups attached to an aromatic ring is 1. The molecule has 0 atom stereocenters. The molecule has 0 spiro atoms. The molecular formula is C18H20N6OS. The molecule has 0 saturated carbocycles. The van der Waals surface area contributed by atoms with E-state index in [1.807, 2.05) is 26.1 Å². The summed E-state index contributed by atoms with van der Waals surface area (Å²) >= 11 is 1.30. The predicted molar refractivity (Wildman–Crippen MR) is 102 cm³/mol. The molecule has 4 rings (SSSR count). The molecule has 3 aromatic heterocycles. The Kier molecular flexibility index (Phi) is 4.29. The van der Waals surface area contributed by atoms with Crippen LogP contribution in [0.2, 0.25) is 0 Å². The second-order valence-corrected chi connectivity index (χ2v) is 7.66. The Bertz CT molecular complexity index is 965. The number of thiophene rings is 1. The van der Waals surface area contributed by atoms with Gasteiger partial charge in [-0.2, -0.15) is 5.10 Å². The molecule has 1 amide bonds. The zero-order valence-electron chi connectivity index (χ0n) is 14.7. The minimum atomic E-state index is -0.131. The minimum Gasteiger partial charge on any atom is -0.397 e. The van der Waals surface area contributed by atoms with Crippen LogP contribution in [0.5, 0.6) is 0 Å². The number of carbonyl (C=O) groups excluding carboxylic acids is 1. The SMILES string of the molecule is Cc1nnc2sc(C(=O)NC3CN(Cc4cccnc4)C3)c(N)c2c1C. The topological polar surface area (TPSA) is 97.0 Å². The number of aromatic nitrogens is 3. The molecule has 7 nitrogen and oxygen atoms in total. The van der Waals surface area contributed by atoms with Crippen molar-refractivity contribution in [3.8, 4) is 0 Å². The Hall–Kier alpha value is -2.58. The molecule has 4 heterocycles. The zero-order valence-corrected chi connectivity index (χ0v) is 15.5. The van der Waals surface area contributed by atoms with E-state index in [1.165, 1.54) is 16.9 Å².